The lowest BCUT2D eigenvalue weighted by Crippen LogP contribution is -2.50. The summed E-state index contributed by atoms with van der Waals surface area (Å²) >= 11 is 0. The van der Waals surface area contributed by atoms with Crippen LogP contribution < -0.4 is 0 Å². The van der Waals surface area contributed by atoms with E-state index in [-0.39, 0.29) is 25.6 Å². The number of carbonyl (C=O) groups is 1. The molecule has 1 saturated heterocycles. The summed E-state index contributed by atoms with van der Waals surface area (Å²) in [7, 11) is -4.04. The topological polar surface area (TPSA) is 66.9 Å². The Kier molecular flexibility index (Phi) is 5.80. The fourth-order valence-electron chi connectivity index (χ4n) is 2.51. The average Bonchev–Trinajstić information content (AvgIpc) is 2.45. The maximum atomic E-state index is 13.8. The summed E-state index contributed by atoms with van der Waals surface area (Å²) in [5.74, 6) is -2.33. The van der Waals surface area contributed by atoms with Gasteiger partial charge in [-0.3, -0.25) is 9.69 Å². The Morgan fingerprint density at radius 2 is 1.76 bits per heavy atom. The molecule has 25 heavy (non-hydrogen) atoms. The van der Waals surface area contributed by atoms with Crippen molar-refractivity contribution in [1.29, 1.82) is 0 Å². The molecule has 0 aliphatic carbocycles. The maximum Gasteiger partial charge on any atom is 0.320 e. The summed E-state index contributed by atoms with van der Waals surface area (Å²) in [6.07, 6.45) is 0. The molecule has 1 heterocycles. The van der Waals surface area contributed by atoms with Crippen LogP contribution in [0, 0.1) is 11.6 Å². The van der Waals surface area contributed by atoms with Gasteiger partial charge in [0.15, 0.2) is 0 Å². The molecular weight excluding hydrogens is 354 g/mol. The summed E-state index contributed by atoms with van der Waals surface area (Å²) in [5.41, 5.74) is -0.581. The monoisotopic (exact) mass is 376 g/mol. The first-order valence-corrected chi connectivity index (χ1v) is 9.32. The standard InChI is InChI=1S/C16H22F2N2O4S/c1-16(2,3)24-15(21)11-19-6-8-20(9-7-19)25(22,23)14-5-4-12(17)10-13(14)18/h4-5,10H,6-9,11H2,1-3H3. The minimum atomic E-state index is -4.04. The second kappa shape index (κ2) is 7.35. The van der Waals surface area contributed by atoms with Crippen molar-refractivity contribution in [1.82, 2.24) is 9.21 Å². The maximum absolute atomic E-state index is 13.8. The van der Waals surface area contributed by atoms with Gasteiger partial charge in [0.2, 0.25) is 10.0 Å². The molecule has 140 valence electrons. The smallest absolute Gasteiger partial charge is 0.320 e. The molecule has 1 aliphatic heterocycles. The highest BCUT2D eigenvalue weighted by Crippen LogP contribution is 2.21. The number of carbonyl (C=O) groups excluding carboxylic acids is 1. The van der Waals surface area contributed by atoms with Gasteiger partial charge in [-0.2, -0.15) is 4.31 Å². The molecule has 0 N–H and O–H groups in total. The summed E-state index contributed by atoms with van der Waals surface area (Å²) in [6.45, 7) is 6.24. The second-order valence-corrected chi connectivity index (χ2v) is 8.75. The molecule has 1 aromatic carbocycles. The van der Waals surface area contributed by atoms with Crippen molar-refractivity contribution in [3.8, 4) is 0 Å². The Labute approximate surface area is 146 Å². The molecule has 1 aromatic rings. The predicted molar refractivity (Wildman–Crippen MR) is 87.4 cm³/mol. The van der Waals surface area contributed by atoms with Gasteiger partial charge in [-0.15, -0.1) is 0 Å². The number of sulfonamides is 1. The van der Waals surface area contributed by atoms with Crippen LogP contribution in [0.4, 0.5) is 8.78 Å². The highest BCUT2D eigenvalue weighted by molar-refractivity contribution is 7.89. The molecule has 9 heteroatoms. The normalized spacial score (nSPS) is 17.5. The molecule has 0 amide bonds. The molecule has 0 aromatic heterocycles. The number of benzene rings is 1. The zero-order chi connectivity index (χ0) is 18.8. The van der Waals surface area contributed by atoms with E-state index in [1.165, 1.54) is 0 Å². The molecule has 0 atom stereocenters. The number of piperazine rings is 1. The van der Waals surface area contributed by atoms with Crippen LogP contribution >= 0.6 is 0 Å². The van der Waals surface area contributed by atoms with Gasteiger partial charge in [0.1, 0.15) is 22.1 Å². The van der Waals surface area contributed by atoms with Crippen molar-refractivity contribution in [2.45, 2.75) is 31.3 Å². The van der Waals surface area contributed by atoms with Crippen molar-refractivity contribution in [3.05, 3.63) is 29.8 Å². The van der Waals surface area contributed by atoms with Crippen LogP contribution in [0.2, 0.25) is 0 Å². The fraction of sp³-hybridized carbons (Fsp3) is 0.562. The highest BCUT2D eigenvalue weighted by Gasteiger charge is 2.31. The van der Waals surface area contributed by atoms with E-state index in [2.05, 4.69) is 0 Å². The zero-order valence-electron chi connectivity index (χ0n) is 14.5. The quantitative estimate of drug-likeness (QED) is 0.747. The van der Waals surface area contributed by atoms with E-state index >= 15 is 0 Å². The van der Waals surface area contributed by atoms with Gasteiger partial charge in [0.05, 0.1) is 6.54 Å². The lowest BCUT2D eigenvalue weighted by molar-refractivity contribution is -0.156. The van der Waals surface area contributed by atoms with E-state index in [1.54, 1.807) is 25.7 Å². The van der Waals surface area contributed by atoms with Gasteiger partial charge in [0, 0.05) is 32.2 Å². The summed E-state index contributed by atoms with van der Waals surface area (Å²) in [6, 6.07) is 2.38. The van der Waals surface area contributed by atoms with Gasteiger partial charge in [-0.1, -0.05) is 0 Å². The number of halogens is 2. The van der Waals surface area contributed by atoms with Crippen LogP contribution in [-0.4, -0.2) is 61.9 Å². The van der Waals surface area contributed by atoms with Crippen molar-refractivity contribution in [2.24, 2.45) is 0 Å². The summed E-state index contributed by atoms with van der Waals surface area (Å²) in [5, 5.41) is 0. The van der Waals surface area contributed by atoms with Gasteiger partial charge in [-0.05, 0) is 32.9 Å². The van der Waals surface area contributed by atoms with Crippen LogP contribution in [0.3, 0.4) is 0 Å². The second-order valence-electron chi connectivity index (χ2n) is 6.84. The van der Waals surface area contributed by atoms with Crippen LogP contribution in [0.1, 0.15) is 20.8 Å². The van der Waals surface area contributed by atoms with Crippen molar-refractivity contribution in [3.63, 3.8) is 0 Å². The third-order valence-electron chi connectivity index (χ3n) is 3.62. The SMILES string of the molecule is CC(C)(C)OC(=O)CN1CCN(S(=O)(=O)c2ccc(F)cc2F)CC1. The minimum absolute atomic E-state index is 0.0655. The van der Waals surface area contributed by atoms with Crippen LogP contribution in [0.5, 0.6) is 0 Å². The van der Waals surface area contributed by atoms with E-state index in [4.69, 9.17) is 4.74 Å². The lowest BCUT2D eigenvalue weighted by atomic mass is 10.2. The van der Waals surface area contributed by atoms with Crippen molar-refractivity contribution >= 4 is 16.0 Å². The number of hydrogen-bond acceptors (Lipinski definition) is 5. The van der Waals surface area contributed by atoms with Crippen molar-refractivity contribution in [2.75, 3.05) is 32.7 Å². The van der Waals surface area contributed by atoms with E-state index in [9.17, 15) is 22.0 Å². The van der Waals surface area contributed by atoms with Crippen LogP contribution in [0.25, 0.3) is 0 Å². The molecule has 0 radical (unpaired) electrons. The van der Waals surface area contributed by atoms with E-state index in [0.717, 1.165) is 16.4 Å². The van der Waals surface area contributed by atoms with E-state index in [1.807, 2.05) is 0 Å². The van der Waals surface area contributed by atoms with Crippen LogP contribution in [0.15, 0.2) is 23.1 Å². The molecule has 0 spiro atoms. The Hall–Kier alpha value is -1.58. The Morgan fingerprint density at radius 1 is 1.16 bits per heavy atom. The number of hydrogen-bond donors (Lipinski definition) is 0. The number of nitrogens with zero attached hydrogens (tertiary/aromatic N) is 2. The number of esters is 1. The Morgan fingerprint density at radius 3 is 2.28 bits per heavy atom. The van der Waals surface area contributed by atoms with Gasteiger partial charge >= 0.3 is 5.97 Å². The van der Waals surface area contributed by atoms with Crippen molar-refractivity contribution < 1.29 is 26.7 Å². The lowest BCUT2D eigenvalue weighted by Gasteiger charge is -2.33. The van der Waals surface area contributed by atoms with Crippen LogP contribution in [-0.2, 0) is 19.6 Å². The first-order chi connectivity index (χ1) is 11.5. The third kappa shape index (κ3) is 5.20. The molecule has 0 bridgehead atoms. The Bertz CT molecular complexity index is 739. The first-order valence-electron chi connectivity index (χ1n) is 7.88. The number of rotatable bonds is 4. The summed E-state index contributed by atoms with van der Waals surface area (Å²) in [4.78, 5) is 13.1. The predicted octanol–water partition coefficient (Wildman–Crippen LogP) is 1.61. The number of ether oxygens (including phenoxy) is 1. The average molecular weight is 376 g/mol. The highest BCUT2D eigenvalue weighted by atomic mass is 32.2. The third-order valence-corrected chi connectivity index (χ3v) is 5.55. The molecular formula is C16H22F2N2O4S. The summed E-state index contributed by atoms with van der Waals surface area (Å²) < 4.78 is 58.1. The first kappa shape index (κ1) is 19.7. The van der Waals surface area contributed by atoms with Gasteiger partial charge in [-0.25, -0.2) is 17.2 Å². The molecule has 2 rings (SSSR count). The molecule has 0 unspecified atom stereocenters. The van der Waals surface area contributed by atoms with E-state index in [0.29, 0.717) is 19.2 Å². The molecule has 1 aliphatic rings. The Balaban J connectivity index is 1.98. The van der Waals surface area contributed by atoms with Gasteiger partial charge < -0.3 is 4.74 Å². The molecule has 0 saturated carbocycles. The zero-order valence-corrected chi connectivity index (χ0v) is 15.3. The fourth-order valence-corrected chi connectivity index (χ4v) is 3.98. The van der Waals surface area contributed by atoms with Gasteiger partial charge in [0.25, 0.3) is 0 Å². The molecule has 6 nitrogen and oxygen atoms in total. The van der Waals surface area contributed by atoms with E-state index < -0.39 is 32.2 Å². The minimum Gasteiger partial charge on any atom is -0.459 e. The molecule has 1 fully saturated rings. The largest absolute Gasteiger partial charge is 0.459 e.